The maximum atomic E-state index is 11.7. The summed E-state index contributed by atoms with van der Waals surface area (Å²) in [7, 11) is 2.99. The molecule has 0 heterocycles. The van der Waals surface area contributed by atoms with Crippen molar-refractivity contribution in [2.75, 3.05) is 14.2 Å². The van der Waals surface area contributed by atoms with Gasteiger partial charge in [-0.3, -0.25) is 0 Å². The Morgan fingerprint density at radius 1 is 1.12 bits per heavy atom. The Morgan fingerprint density at radius 2 is 1.76 bits per heavy atom. The van der Waals surface area contributed by atoms with Crippen LogP contribution in [0.25, 0.3) is 10.8 Å². The SMILES string of the molecule is COCc1cc2ccccc2cc1C(=O)OC. The molecule has 17 heavy (non-hydrogen) atoms. The second-order valence-corrected chi connectivity index (χ2v) is 3.78. The Balaban J connectivity index is 2.61. The Bertz CT molecular complexity index is 546. The predicted molar refractivity (Wildman–Crippen MR) is 66.0 cm³/mol. The van der Waals surface area contributed by atoms with Crippen LogP contribution in [0, 0.1) is 0 Å². The van der Waals surface area contributed by atoms with E-state index < -0.39 is 0 Å². The molecular weight excluding hydrogens is 216 g/mol. The minimum absolute atomic E-state index is 0.331. The van der Waals surface area contributed by atoms with Gasteiger partial charge in [0, 0.05) is 7.11 Å². The molecule has 88 valence electrons. The number of carbonyl (C=O) groups excluding carboxylic acids is 1. The van der Waals surface area contributed by atoms with Crippen LogP contribution in [0.4, 0.5) is 0 Å². The molecule has 0 atom stereocenters. The van der Waals surface area contributed by atoms with E-state index in [0.29, 0.717) is 12.2 Å². The number of methoxy groups -OCH3 is 2. The molecule has 2 aromatic rings. The summed E-state index contributed by atoms with van der Waals surface area (Å²) in [6.07, 6.45) is 0. The van der Waals surface area contributed by atoms with Gasteiger partial charge in [0.05, 0.1) is 19.3 Å². The van der Waals surface area contributed by atoms with Gasteiger partial charge in [0.2, 0.25) is 0 Å². The molecule has 0 aromatic heterocycles. The van der Waals surface area contributed by atoms with E-state index in [2.05, 4.69) is 0 Å². The molecule has 0 amide bonds. The molecule has 0 bridgehead atoms. The minimum atomic E-state index is -0.331. The molecule has 0 fully saturated rings. The van der Waals surface area contributed by atoms with Crippen molar-refractivity contribution in [2.45, 2.75) is 6.61 Å². The van der Waals surface area contributed by atoms with Crippen LogP contribution in [0.3, 0.4) is 0 Å². The van der Waals surface area contributed by atoms with Crippen LogP contribution >= 0.6 is 0 Å². The van der Waals surface area contributed by atoms with E-state index in [4.69, 9.17) is 9.47 Å². The van der Waals surface area contributed by atoms with Gasteiger partial charge in [-0.2, -0.15) is 0 Å². The molecule has 0 aliphatic heterocycles. The highest BCUT2D eigenvalue weighted by atomic mass is 16.5. The van der Waals surface area contributed by atoms with E-state index in [1.807, 2.05) is 36.4 Å². The van der Waals surface area contributed by atoms with Gasteiger partial charge in [0.1, 0.15) is 0 Å². The maximum Gasteiger partial charge on any atom is 0.338 e. The lowest BCUT2D eigenvalue weighted by Crippen LogP contribution is -2.06. The summed E-state index contributed by atoms with van der Waals surface area (Å²) in [5.74, 6) is -0.331. The predicted octanol–water partition coefficient (Wildman–Crippen LogP) is 2.77. The molecule has 0 N–H and O–H groups in total. The topological polar surface area (TPSA) is 35.5 Å². The van der Waals surface area contributed by atoms with Crippen molar-refractivity contribution in [3.8, 4) is 0 Å². The summed E-state index contributed by atoms with van der Waals surface area (Å²) in [6, 6.07) is 11.7. The zero-order chi connectivity index (χ0) is 12.3. The highest BCUT2D eigenvalue weighted by Crippen LogP contribution is 2.21. The quantitative estimate of drug-likeness (QED) is 0.760. The lowest BCUT2D eigenvalue weighted by Gasteiger charge is -2.09. The molecule has 0 aliphatic rings. The van der Waals surface area contributed by atoms with Crippen LogP contribution in [-0.2, 0) is 16.1 Å². The maximum absolute atomic E-state index is 11.7. The number of carbonyl (C=O) groups is 1. The summed E-state index contributed by atoms with van der Waals surface area (Å²) in [5.41, 5.74) is 1.41. The minimum Gasteiger partial charge on any atom is -0.465 e. The first-order valence-corrected chi connectivity index (χ1v) is 5.35. The third-order valence-electron chi connectivity index (χ3n) is 2.68. The van der Waals surface area contributed by atoms with Crippen molar-refractivity contribution < 1.29 is 14.3 Å². The molecule has 2 rings (SSSR count). The van der Waals surface area contributed by atoms with Gasteiger partial charge >= 0.3 is 5.97 Å². The first kappa shape index (κ1) is 11.6. The highest BCUT2D eigenvalue weighted by molar-refractivity contribution is 5.97. The average Bonchev–Trinajstić information content (AvgIpc) is 2.37. The summed E-state index contributed by atoms with van der Waals surface area (Å²) in [5, 5.41) is 2.11. The Hall–Kier alpha value is -1.87. The van der Waals surface area contributed by atoms with E-state index in [9.17, 15) is 4.79 Å². The third kappa shape index (κ3) is 2.29. The zero-order valence-corrected chi connectivity index (χ0v) is 9.90. The summed E-state index contributed by atoms with van der Waals surface area (Å²) in [4.78, 5) is 11.7. The van der Waals surface area contributed by atoms with Gasteiger partial charge in [0.15, 0.2) is 0 Å². The van der Waals surface area contributed by atoms with Crippen LogP contribution in [0.5, 0.6) is 0 Å². The molecule has 3 nitrogen and oxygen atoms in total. The van der Waals surface area contributed by atoms with Crippen LogP contribution in [0.2, 0.25) is 0 Å². The average molecular weight is 230 g/mol. The number of ether oxygens (including phenoxy) is 2. The molecule has 0 saturated heterocycles. The first-order valence-electron chi connectivity index (χ1n) is 5.35. The highest BCUT2D eigenvalue weighted by Gasteiger charge is 2.12. The van der Waals surface area contributed by atoms with Gasteiger partial charge in [0.25, 0.3) is 0 Å². The molecule has 0 unspecified atom stereocenters. The van der Waals surface area contributed by atoms with E-state index >= 15 is 0 Å². The zero-order valence-electron chi connectivity index (χ0n) is 9.90. The number of hydrogen-bond donors (Lipinski definition) is 0. The van der Waals surface area contributed by atoms with Gasteiger partial charge in [-0.15, -0.1) is 0 Å². The molecule has 0 radical (unpaired) electrons. The lowest BCUT2D eigenvalue weighted by molar-refractivity contribution is 0.0596. The van der Waals surface area contributed by atoms with Crippen LogP contribution in [-0.4, -0.2) is 20.2 Å². The van der Waals surface area contributed by atoms with Crippen molar-refractivity contribution in [2.24, 2.45) is 0 Å². The van der Waals surface area contributed by atoms with Crippen LogP contribution in [0.15, 0.2) is 36.4 Å². The van der Waals surface area contributed by atoms with E-state index in [1.165, 1.54) is 7.11 Å². The van der Waals surface area contributed by atoms with Gasteiger partial charge in [-0.25, -0.2) is 4.79 Å². The van der Waals surface area contributed by atoms with Crippen LogP contribution < -0.4 is 0 Å². The molecular formula is C14H14O3. The summed E-state index contributed by atoms with van der Waals surface area (Å²) < 4.78 is 9.88. The summed E-state index contributed by atoms with van der Waals surface area (Å²) in [6.45, 7) is 0.398. The van der Waals surface area contributed by atoms with Gasteiger partial charge in [-0.05, 0) is 28.5 Å². The monoisotopic (exact) mass is 230 g/mol. The number of rotatable bonds is 3. The normalized spacial score (nSPS) is 10.5. The van der Waals surface area contributed by atoms with Crippen molar-refractivity contribution in [1.29, 1.82) is 0 Å². The van der Waals surface area contributed by atoms with Crippen LogP contribution in [0.1, 0.15) is 15.9 Å². The molecule has 2 aromatic carbocycles. The van der Waals surface area contributed by atoms with Crippen molar-refractivity contribution in [1.82, 2.24) is 0 Å². The number of benzene rings is 2. The standard InChI is InChI=1S/C14H14O3/c1-16-9-12-7-10-5-3-4-6-11(10)8-13(12)14(15)17-2/h3-8H,9H2,1-2H3. The van der Waals surface area contributed by atoms with E-state index in [-0.39, 0.29) is 5.97 Å². The van der Waals surface area contributed by atoms with E-state index in [1.54, 1.807) is 7.11 Å². The number of hydrogen-bond acceptors (Lipinski definition) is 3. The van der Waals surface area contributed by atoms with Gasteiger partial charge in [-0.1, -0.05) is 24.3 Å². The number of esters is 1. The summed E-state index contributed by atoms with van der Waals surface area (Å²) >= 11 is 0. The first-order chi connectivity index (χ1) is 8.26. The second kappa shape index (κ2) is 4.97. The second-order valence-electron chi connectivity index (χ2n) is 3.78. The van der Waals surface area contributed by atoms with Crippen molar-refractivity contribution >= 4 is 16.7 Å². The Labute approximate surface area is 100.0 Å². The van der Waals surface area contributed by atoms with Crippen molar-refractivity contribution in [3.05, 3.63) is 47.5 Å². The largest absolute Gasteiger partial charge is 0.465 e. The van der Waals surface area contributed by atoms with E-state index in [0.717, 1.165) is 16.3 Å². The lowest BCUT2D eigenvalue weighted by atomic mass is 10.0. The fourth-order valence-electron chi connectivity index (χ4n) is 1.86. The smallest absolute Gasteiger partial charge is 0.338 e. The fourth-order valence-corrected chi connectivity index (χ4v) is 1.86. The Kier molecular flexibility index (Phi) is 3.40. The molecule has 0 saturated carbocycles. The molecule has 0 spiro atoms. The van der Waals surface area contributed by atoms with Gasteiger partial charge < -0.3 is 9.47 Å². The number of fused-ring (bicyclic) bond motifs is 1. The van der Waals surface area contributed by atoms with Crippen molar-refractivity contribution in [3.63, 3.8) is 0 Å². The fraction of sp³-hybridized carbons (Fsp3) is 0.214. The molecule has 3 heteroatoms. The third-order valence-corrected chi connectivity index (χ3v) is 2.68. The molecule has 0 aliphatic carbocycles. The Morgan fingerprint density at radius 3 is 2.35 bits per heavy atom.